The van der Waals surface area contributed by atoms with E-state index < -0.39 is 0 Å². The van der Waals surface area contributed by atoms with Crippen molar-refractivity contribution in [3.05, 3.63) is 23.5 Å². The number of carbonyl (C=O) groups is 1. The van der Waals surface area contributed by atoms with E-state index in [1.807, 2.05) is 12.3 Å². The van der Waals surface area contributed by atoms with E-state index in [1.165, 1.54) is 17.3 Å². The lowest BCUT2D eigenvalue weighted by atomic mass is 9.85. The summed E-state index contributed by atoms with van der Waals surface area (Å²) in [5.74, 6) is 1.42. The molecule has 1 aliphatic carbocycles. The van der Waals surface area contributed by atoms with Crippen LogP contribution in [-0.4, -0.2) is 34.3 Å². The SMILES string of the molecule is COC(=O)NCC1CCC(n2c(CN)nc3cnc4ccsc4c32)CC1. The Morgan fingerprint density at radius 2 is 2.19 bits per heavy atom. The molecule has 3 N–H and O–H groups in total. The average Bonchev–Trinajstić information content (AvgIpc) is 3.29. The van der Waals surface area contributed by atoms with Gasteiger partial charge in [0, 0.05) is 12.6 Å². The van der Waals surface area contributed by atoms with Crippen molar-refractivity contribution in [3.8, 4) is 0 Å². The monoisotopic (exact) mass is 373 g/mol. The van der Waals surface area contributed by atoms with Crippen LogP contribution in [0.25, 0.3) is 21.3 Å². The Hall–Kier alpha value is -2.19. The molecule has 4 rings (SSSR count). The summed E-state index contributed by atoms with van der Waals surface area (Å²) >= 11 is 1.71. The van der Waals surface area contributed by atoms with Crippen molar-refractivity contribution in [1.82, 2.24) is 19.9 Å². The average molecular weight is 373 g/mol. The van der Waals surface area contributed by atoms with Crippen LogP contribution in [0.2, 0.25) is 0 Å². The number of thiophene rings is 1. The molecule has 0 atom stereocenters. The first kappa shape index (κ1) is 17.2. The van der Waals surface area contributed by atoms with Crippen LogP contribution in [0, 0.1) is 5.92 Å². The molecule has 1 amide bonds. The maximum Gasteiger partial charge on any atom is 0.406 e. The van der Waals surface area contributed by atoms with Gasteiger partial charge in [0.25, 0.3) is 0 Å². The van der Waals surface area contributed by atoms with Crippen LogP contribution in [-0.2, 0) is 11.3 Å². The summed E-state index contributed by atoms with van der Waals surface area (Å²) in [6.07, 6.45) is 5.74. The van der Waals surface area contributed by atoms with Crippen molar-refractivity contribution in [2.45, 2.75) is 38.3 Å². The van der Waals surface area contributed by atoms with Crippen LogP contribution < -0.4 is 11.1 Å². The first-order valence-corrected chi connectivity index (χ1v) is 9.84. The highest BCUT2D eigenvalue weighted by atomic mass is 32.1. The van der Waals surface area contributed by atoms with Crippen molar-refractivity contribution < 1.29 is 9.53 Å². The molecule has 3 aromatic rings. The molecule has 0 spiro atoms. The summed E-state index contributed by atoms with van der Waals surface area (Å²) in [4.78, 5) is 20.5. The van der Waals surface area contributed by atoms with Gasteiger partial charge in [-0.2, -0.15) is 0 Å². The predicted molar refractivity (Wildman–Crippen MR) is 102 cm³/mol. The standard InChI is InChI=1S/C18H23N5O2S/c1-25-18(24)21-9-11-2-4-12(5-3-11)23-15(8-19)22-14-10-20-13-6-7-26-17(13)16(14)23/h6-7,10-12H,2-5,8-9,19H2,1H3,(H,21,24). The Labute approximate surface area is 155 Å². The van der Waals surface area contributed by atoms with Gasteiger partial charge in [-0.1, -0.05) is 0 Å². The van der Waals surface area contributed by atoms with Gasteiger partial charge in [0.1, 0.15) is 11.3 Å². The number of pyridine rings is 1. The highest BCUT2D eigenvalue weighted by Gasteiger charge is 2.26. The predicted octanol–water partition coefficient (Wildman–Crippen LogP) is 3.19. The number of hydrogen-bond donors (Lipinski definition) is 2. The fourth-order valence-corrected chi connectivity index (χ4v) is 4.86. The summed E-state index contributed by atoms with van der Waals surface area (Å²) in [5.41, 5.74) is 9.11. The van der Waals surface area contributed by atoms with E-state index in [4.69, 9.17) is 10.7 Å². The van der Waals surface area contributed by atoms with Crippen molar-refractivity contribution in [2.24, 2.45) is 11.7 Å². The van der Waals surface area contributed by atoms with Gasteiger partial charge < -0.3 is 20.4 Å². The quantitative estimate of drug-likeness (QED) is 0.732. The van der Waals surface area contributed by atoms with E-state index in [9.17, 15) is 4.79 Å². The van der Waals surface area contributed by atoms with E-state index in [2.05, 4.69) is 25.0 Å². The van der Waals surface area contributed by atoms with Crippen LogP contribution in [0.1, 0.15) is 37.5 Å². The van der Waals surface area contributed by atoms with Crippen LogP contribution in [0.15, 0.2) is 17.6 Å². The van der Waals surface area contributed by atoms with Crippen molar-refractivity contribution in [1.29, 1.82) is 0 Å². The third-order valence-corrected chi connectivity index (χ3v) is 6.19. The van der Waals surface area contributed by atoms with E-state index >= 15 is 0 Å². The maximum atomic E-state index is 11.3. The number of imidazole rings is 1. The second-order valence-electron chi connectivity index (χ2n) is 6.78. The number of nitrogens with one attached hydrogen (secondary N) is 1. The number of aromatic nitrogens is 3. The molecule has 26 heavy (non-hydrogen) atoms. The van der Waals surface area contributed by atoms with Crippen LogP contribution >= 0.6 is 11.3 Å². The molecule has 0 bridgehead atoms. The summed E-state index contributed by atoms with van der Waals surface area (Å²) in [6, 6.07) is 2.44. The molecule has 0 unspecified atom stereocenters. The number of amides is 1. The lowest BCUT2D eigenvalue weighted by Crippen LogP contribution is -2.31. The molecular weight excluding hydrogens is 350 g/mol. The van der Waals surface area contributed by atoms with Crippen LogP contribution in [0.5, 0.6) is 0 Å². The number of carbonyl (C=O) groups excluding carboxylic acids is 1. The molecule has 0 saturated heterocycles. The lowest BCUT2D eigenvalue weighted by Gasteiger charge is -2.30. The summed E-state index contributed by atoms with van der Waals surface area (Å²) in [7, 11) is 1.39. The molecule has 138 valence electrons. The minimum atomic E-state index is -0.356. The topological polar surface area (TPSA) is 95.1 Å². The zero-order valence-corrected chi connectivity index (χ0v) is 15.6. The number of rotatable bonds is 4. The number of alkyl carbamates (subject to hydrolysis) is 1. The second-order valence-corrected chi connectivity index (χ2v) is 7.69. The normalized spacial score (nSPS) is 20.5. The van der Waals surface area contributed by atoms with Crippen molar-refractivity contribution >= 4 is 38.7 Å². The van der Waals surface area contributed by atoms with E-state index in [0.29, 0.717) is 25.0 Å². The highest BCUT2D eigenvalue weighted by Crippen LogP contribution is 2.37. The minimum absolute atomic E-state index is 0.356. The van der Waals surface area contributed by atoms with Crippen molar-refractivity contribution in [3.63, 3.8) is 0 Å². The minimum Gasteiger partial charge on any atom is -0.453 e. The molecule has 1 aliphatic rings. The van der Waals surface area contributed by atoms with Gasteiger partial charge >= 0.3 is 6.09 Å². The Bertz CT molecular complexity index is 926. The molecule has 0 aromatic carbocycles. The Balaban J connectivity index is 1.59. The number of ether oxygens (including phenoxy) is 1. The lowest BCUT2D eigenvalue weighted by molar-refractivity contribution is 0.166. The summed E-state index contributed by atoms with van der Waals surface area (Å²) in [6.45, 7) is 1.10. The van der Waals surface area contributed by atoms with Crippen LogP contribution in [0.4, 0.5) is 4.79 Å². The maximum absolute atomic E-state index is 11.3. The molecule has 8 heteroatoms. The van der Waals surface area contributed by atoms with Gasteiger partial charge in [-0.05, 0) is 43.0 Å². The van der Waals surface area contributed by atoms with Crippen LogP contribution in [0.3, 0.4) is 0 Å². The number of nitrogens with zero attached hydrogens (tertiary/aromatic N) is 3. The summed E-state index contributed by atoms with van der Waals surface area (Å²) in [5, 5.41) is 4.89. The van der Waals surface area contributed by atoms with Gasteiger partial charge in [0.05, 0.1) is 35.6 Å². The Morgan fingerprint density at radius 3 is 2.92 bits per heavy atom. The molecule has 3 aromatic heterocycles. The van der Waals surface area contributed by atoms with E-state index in [0.717, 1.165) is 42.5 Å². The molecule has 1 fully saturated rings. The first-order valence-electron chi connectivity index (χ1n) is 8.96. The van der Waals surface area contributed by atoms with Gasteiger partial charge in [-0.25, -0.2) is 9.78 Å². The molecular formula is C18H23N5O2S. The zero-order valence-electron chi connectivity index (χ0n) is 14.8. The van der Waals surface area contributed by atoms with Crippen molar-refractivity contribution in [2.75, 3.05) is 13.7 Å². The van der Waals surface area contributed by atoms with Gasteiger partial charge in [-0.15, -0.1) is 11.3 Å². The first-order chi connectivity index (χ1) is 12.7. The number of nitrogens with two attached hydrogens (primary N) is 1. The summed E-state index contributed by atoms with van der Waals surface area (Å²) < 4.78 is 8.18. The molecule has 1 saturated carbocycles. The molecule has 3 heterocycles. The Morgan fingerprint density at radius 1 is 1.38 bits per heavy atom. The number of hydrogen-bond acceptors (Lipinski definition) is 6. The molecule has 0 aliphatic heterocycles. The smallest absolute Gasteiger partial charge is 0.406 e. The third-order valence-electron chi connectivity index (χ3n) is 5.28. The fraction of sp³-hybridized carbons (Fsp3) is 0.500. The third kappa shape index (κ3) is 3.03. The molecule has 7 nitrogen and oxygen atoms in total. The number of methoxy groups -OCH3 is 1. The Kier molecular flexibility index (Phi) is 4.78. The second kappa shape index (κ2) is 7.20. The van der Waals surface area contributed by atoms with E-state index in [1.54, 1.807) is 11.3 Å². The van der Waals surface area contributed by atoms with Gasteiger partial charge in [0.2, 0.25) is 0 Å². The number of fused-ring (bicyclic) bond motifs is 3. The largest absolute Gasteiger partial charge is 0.453 e. The highest BCUT2D eigenvalue weighted by molar-refractivity contribution is 7.18. The van der Waals surface area contributed by atoms with E-state index in [-0.39, 0.29) is 6.09 Å². The van der Waals surface area contributed by atoms with Gasteiger partial charge in [-0.3, -0.25) is 4.98 Å². The zero-order chi connectivity index (χ0) is 18.1. The van der Waals surface area contributed by atoms with Gasteiger partial charge in [0.15, 0.2) is 0 Å². The fourth-order valence-electron chi connectivity index (χ4n) is 3.97. The molecule has 0 radical (unpaired) electrons.